The largest absolute Gasteiger partial charge is 0.473 e. The molecule has 0 saturated heterocycles. The normalized spacial score (nSPS) is 15.1. The summed E-state index contributed by atoms with van der Waals surface area (Å²) in [6.07, 6.45) is 7.33. The number of hydrogen-bond donors (Lipinski definition) is 2. The Labute approximate surface area is 321 Å². The number of benzene rings is 2. The van der Waals surface area contributed by atoms with Crippen molar-refractivity contribution in [3.05, 3.63) is 148 Å². The van der Waals surface area contributed by atoms with Crippen LogP contribution in [0, 0.1) is 23.5 Å². The Morgan fingerprint density at radius 2 is 1.17 bits per heavy atom. The number of nitrogens with zero attached hydrogens (tertiary/aromatic N) is 4. The van der Waals surface area contributed by atoms with E-state index in [1.807, 2.05) is 24.3 Å². The minimum absolute atomic E-state index is 0.173. The van der Waals surface area contributed by atoms with E-state index in [1.54, 1.807) is 48.7 Å². The van der Waals surface area contributed by atoms with Gasteiger partial charge in [-0.25, -0.2) is 28.7 Å². The molecule has 6 aromatic rings. The Hall–Kier alpha value is -5.23. The van der Waals surface area contributed by atoms with Crippen molar-refractivity contribution in [1.82, 2.24) is 19.9 Å². The van der Waals surface area contributed by atoms with Gasteiger partial charge in [0.2, 0.25) is 17.7 Å². The van der Waals surface area contributed by atoms with Gasteiger partial charge in [0.15, 0.2) is 0 Å². The molecule has 1 aliphatic rings. The quantitative estimate of drug-likeness (QED) is 0.125. The van der Waals surface area contributed by atoms with Crippen molar-refractivity contribution in [2.45, 2.75) is 44.9 Å². The lowest BCUT2D eigenvalue weighted by molar-refractivity contribution is 0.293. The molecule has 1 fully saturated rings. The van der Waals surface area contributed by atoms with Gasteiger partial charge in [-0.1, -0.05) is 59.6 Å². The third-order valence-corrected chi connectivity index (χ3v) is 9.36. The minimum atomic E-state index is -0.641. The first-order valence-electron chi connectivity index (χ1n) is 17.3. The number of pyridine rings is 4. The molecule has 13 heteroatoms. The van der Waals surface area contributed by atoms with Gasteiger partial charge < -0.3 is 20.5 Å². The third kappa shape index (κ3) is 10.9. The van der Waals surface area contributed by atoms with E-state index in [1.165, 1.54) is 36.5 Å². The summed E-state index contributed by atoms with van der Waals surface area (Å²) in [6, 6.07) is 26.5. The van der Waals surface area contributed by atoms with Gasteiger partial charge in [0.1, 0.15) is 30.7 Å². The molecule has 0 unspecified atom stereocenters. The SMILES string of the molecule is Fc1cccc(COc2cccc(-c3cc(F)ncc3Cl)n2)c1.NCC1CCC(Nc2cc(-c3cccc(OCc4cccc(F)c4)n3)c(Cl)cn2)CC1. The number of anilines is 1. The summed E-state index contributed by atoms with van der Waals surface area (Å²) in [5.41, 5.74) is 9.59. The molecule has 0 bridgehead atoms. The van der Waals surface area contributed by atoms with Crippen LogP contribution in [0.15, 0.2) is 109 Å². The van der Waals surface area contributed by atoms with E-state index in [0.29, 0.717) is 56.3 Å². The molecule has 4 aromatic heterocycles. The maximum absolute atomic E-state index is 13.4. The number of nitrogens with two attached hydrogens (primary N) is 1. The Morgan fingerprint density at radius 1 is 0.648 bits per heavy atom. The van der Waals surface area contributed by atoms with E-state index < -0.39 is 5.95 Å². The number of aromatic nitrogens is 4. The van der Waals surface area contributed by atoms with Crippen LogP contribution in [-0.2, 0) is 13.2 Å². The van der Waals surface area contributed by atoms with Gasteiger partial charge in [0.25, 0.3) is 0 Å². The summed E-state index contributed by atoms with van der Waals surface area (Å²) in [4.78, 5) is 16.8. The van der Waals surface area contributed by atoms with E-state index in [2.05, 4.69) is 25.3 Å². The van der Waals surface area contributed by atoms with Crippen molar-refractivity contribution in [3.8, 4) is 34.3 Å². The highest BCUT2D eigenvalue weighted by Gasteiger charge is 2.21. The van der Waals surface area contributed by atoms with Crippen LogP contribution in [0.3, 0.4) is 0 Å². The maximum atomic E-state index is 13.4. The van der Waals surface area contributed by atoms with Crippen LogP contribution in [0.4, 0.5) is 19.0 Å². The standard InChI is InChI=1S/C24H26ClFN4O.C17H11ClF2N2O/c25-21-14-28-23(29-19-9-7-16(13-27)8-10-19)12-20(21)22-5-2-6-24(30-22)31-15-17-3-1-4-18(26)11-17;18-14-9-21-16(20)8-13(14)15-5-2-6-17(22-15)23-10-11-3-1-4-12(19)7-11/h1-6,11-12,14,16,19H,7-10,13,15,27H2,(H,28,29);1-9H,10H2. The first-order chi connectivity index (χ1) is 26.2. The summed E-state index contributed by atoms with van der Waals surface area (Å²) in [7, 11) is 0. The van der Waals surface area contributed by atoms with Crippen LogP contribution in [0.1, 0.15) is 36.8 Å². The molecule has 0 aliphatic heterocycles. The molecule has 7 rings (SSSR count). The van der Waals surface area contributed by atoms with Gasteiger partial charge in [0.05, 0.1) is 21.4 Å². The molecule has 8 nitrogen and oxygen atoms in total. The van der Waals surface area contributed by atoms with Crippen molar-refractivity contribution < 1.29 is 22.6 Å². The lowest BCUT2D eigenvalue weighted by Gasteiger charge is -2.28. The summed E-state index contributed by atoms with van der Waals surface area (Å²) in [5, 5.41) is 4.34. The van der Waals surface area contributed by atoms with E-state index in [-0.39, 0.29) is 24.8 Å². The zero-order valence-electron chi connectivity index (χ0n) is 29.1. The Bertz CT molecular complexity index is 2170. The molecule has 2 aromatic carbocycles. The second-order valence-corrected chi connectivity index (χ2v) is 13.5. The first-order valence-corrected chi connectivity index (χ1v) is 18.1. The first kappa shape index (κ1) is 38.5. The average Bonchev–Trinajstić information content (AvgIpc) is 3.19. The Morgan fingerprint density at radius 3 is 1.70 bits per heavy atom. The van der Waals surface area contributed by atoms with Gasteiger partial charge in [-0.2, -0.15) is 4.39 Å². The maximum Gasteiger partial charge on any atom is 0.214 e. The molecule has 0 atom stereocenters. The van der Waals surface area contributed by atoms with Crippen LogP contribution in [-0.4, -0.2) is 32.5 Å². The van der Waals surface area contributed by atoms with Crippen molar-refractivity contribution in [1.29, 1.82) is 0 Å². The smallest absolute Gasteiger partial charge is 0.214 e. The second-order valence-electron chi connectivity index (χ2n) is 12.7. The number of halogens is 5. The Kier molecular flexibility index (Phi) is 13.3. The molecule has 0 spiro atoms. The predicted octanol–water partition coefficient (Wildman–Crippen LogP) is 10.1. The topological polar surface area (TPSA) is 108 Å². The number of hydrogen-bond acceptors (Lipinski definition) is 8. The highest BCUT2D eigenvalue weighted by atomic mass is 35.5. The number of rotatable bonds is 11. The molecular formula is C41H37Cl2F3N6O2. The van der Waals surface area contributed by atoms with Gasteiger partial charge in [-0.3, -0.25) is 0 Å². The van der Waals surface area contributed by atoms with Crippen molar-refractivity contribution in [3.63, 3.8) is 0 Å². The fraction of sp³-hybridized carbons (Fsp3) is 0.220. The van der Waals surface area contributed by atoms with E-state index in [0.717, 1.165) is 49.2 Å². The fourth-order valence-electron chi connectivity index (χ4n) is 5.93. The zero-order valence-corrected chi connectivity index (χ0v) is 30.6. The Balaban J connectivity index is 0.000000193. The molecule has 278 valence electrons. The van der Waals surface area contributed by atoms with Crippen LogP contribution in [0.25, 0.3) is 22.5 Å². The lowest BCUT2D eigenvalue weighted by Crippen LogP contribution is -2.29. The molecule has 54 heavy (non-hydrogen) atoms. The minimum Gasteiger partial charge on any atom is -0.473 e. The van der Waals surface area contributed by atoms with Crippen LogP contribution in [0.5, 0.6) is 11.8 Å². The summed E-state index contributed by atoms with van der Waals surface area (Å²) >= 11 is 12.4. The third-order valence-electron chi connectivity index (χ3n) is 8.76. The summed E-state index contributed by atoms with van der Waals surface area (Å²) in [5.74, 6) is 0.936. The zero-order chi connectivity index (χ0) is 37.9. The molecular weight excluding hydrogens is 736 g/mol. The fourth-order valence-corrected chi connectivity index (χ4v) is 6.33. The average molecular weight is 774 g/mol. The van der Waals surface area contributed by atoms with Gasteiger partial charge in [-0.15, -0.1) is 0 Å². The number of nitrogens with one attached hydrogen (secondary N) is 1. The molecule has 0 radical (unpaired) electrons. The van der Waals surface area contributed by atoms with E-state index >= 15 is 0 Å². The molecule has 3 N–H and O–H groups in total. The molecule has 1 saturated carbocycles. The number of ether oxygens (including phenoxy) is 2. The van der Waals surface area contributed by atoms with Crippen molar-refractivity contribution in [2.24, 2.45) is 11.7 Å². The highest BCUT2D eigenvalue weighted by molar-refractivity contribution is 6.33. The molecule has 0 amide bonds. The van der Waals surface area contributed by atoms with Crippen LogP contribution >= 0.6 is 23.2 Å². The lowest BCUT2D eigenvalue weighted by atomic mass is 9.86. The van der Waals surface area contributed by atoms with Gasteiger partial charge in [-0.05, 0) is 91.7 Å². The monoisotopic (exact) mass is 772 g/mol. The van der Waals surface area contributed by atoms with Gasteiger partial charge >= 0.3 is 0 Å². The summed E-state index contributed by atoms with van der Waals surface area (Å²) in [6.45, 7) is 1.17. The molecule has 1 aliphatic carbocycles. The van der Waals surface area contributed by atoms with Crippen molar-refractivity contribution in [2.75, 3.05) is 11.9 Å². The van der Waals surface area contributed by atoms with Crippen molar-refractivity contribution >= 4 is 29.0 Å². The van der Waals surface area contributed by atoms with E-state index in [4.69, 9.17) is 38.4 Å². The van der Waals surface area contributed by atoms with Gasteiger partial charge in [0, 0.05) is 47.8 Å². The highest BCUT2D eigenvalue weighted by Crippen LogP contribution is 2.32. The second kappa shape index (κ2) is 18.7. The molecule has 4 heterocycles. The predicted molar refractivity (Wildman–Crippen MR) is 205 cm³/mol. The van der Waals surface area contributed by atoms with E-state index in [9.17, 15) is 13.2 Å². The summed E-state index contributed by atoms with van der Waals surface area (Å²) < 4.78 is 51.1. The van der Waals surface area contributed by atoms with Crippen LogP contribution in [0.2, 0.25) is 10.0 Å². The van der Waals surface area contributed by atoms with Crippen LogP contribution < -0.4 is 20.5 Å².